The Morgan fingerprint density at radius 3 is 2.79 bits per heavy atom. The number of carbonyl (C=O) groups is 2. The fraction of sp³-hybridized carbons (Fsp3) is 0.706. The molecular weight excluding hydrogens is 308 g/mol. The van der Waals surface area contributed by atoms with E-state index in [-0.39, 0.29) is 22.9 Å². The van der Waals surface area contributed by atoms with Gasteiger partial charge in [0.2, 0.25) is 5.91 Å². The zero-order valence-corrected chi connectivity index (χ0v) is 13.8. The van der Waals surface area contributed by atoms with Gasteiger partial charge < -0.3 is 19.8 Å². The van der Waals surface area contributed by atoms with Crippen molar-refractivity contribution < 1.29 is 9.59 Å². The number of hydrogen-bond donors (Lipinski definition) is 2. The molecule has 2 amide bonds. The van der Waals surface area contributed by atoms with Crippen LogP contribution >= 0.6 is 0 Å². The Morgan fingerprint density at radius 2 is 2.08 bits per heavy atom. The summed E-state index contributed by atoms with van der Waals surface area (Å²) in [6.07, 6.45) is 7.39. The molecule has 0 unspecified atom stereocenters. The number of piperidine rings is 2. The molecule has 3 fully saturated rings. The lowest BCUT2D eigenvalue weighted by molar-refractivity contribution is -0.139. The second-order valence-electron chi connectivity index (χ2n) is 7.70. The third-order valence-corrected chi connectivity index (χ3v) is 5.70. The first kappa shape index (κ1) is 15.5. The van der Waals surface area contributed by atoms with Crippen LogP contribution in [0.15, 0.2) is 11.0 Å². The van der Waals surface area contributed by atoms with E-state index in [0.717, 1.165) is 32.4 Å². The van der Waals surface area contributed by atoms with Crippen LogP contribution < -0.4 is 5.69 Å². The smallest absolute Gasteiger partial charge is 0.323 e. The van der Waals surface area contributed by atoms with E-state index < -0.39 is 0 Å². The molecule has 1 spiro atoms. The molecular formula is C17H24N4O3. The molecule has 24 heavy (non-hydrogen) atoms. The van der Waals surface area contributed by atoms with Crippen LogP contribution in [0.5, 0.6) is 0 Å². The van der Waals surface area contributed by atoms with Gasteiger partial charge in [-0.2, -0.15) is 0 Å². The van der Waals surface area contributed by atoms with Crippen molar-refractivity contribution in [3.05, 3.63) is 22.4 Å². The van der Waals surface area contributed by atoms with E-state index in [1.54, 1.807) is 0 Å². The summed E-state index contributed by atoms with van der Waals surface area (Å²) >= 11 is 0. The Kier molecular flexibility index (Phi) is 3.73. The van der Waals surface area contributed by atoms with Gasteiger partial charge in [0, 0.05) is 44.2 Å². The second kappa shape index (κ2) is 5.79. The van der Waals surface area contributed by atoms with Crippen molar-refractivity contribution in [1.29, 1.82) is 0 Å². The minimum atomic E-state index is -0.357. The number of hydrogen-bond acceptors (Lipinski definition) is 3. The van der Waals surface area contributed by atoms with E-state index in [9.17, 15) is 14.4 Å². The van der Waals surface area contributed by atoms with Gasteiger partial charge in [0.05, 0.1) is 0 Å². The number of carbonyl (C=O) groups excluding carboxylic acids is 2. The van der Waals surface area contributed by atoms with Gasteiger partial charge in [-0.15, -0.1) is 0 Å². The molecule has 2 aliphatic heterocycles. The minimum Gasteiger partial charge on any atom is -0.342 e. The third kappa shape index (κ3) is 2.99. The van der Waals surface area contributed by atoms with Crippen LogP contribution in [0.1, 0.15) is 49.0 Å². The first-order chi connectivity index (χ1) is 11.5. The fourth-order valence-electron chi connectivity index (χ4n) is 4.21. The Bertz CT molecular complexity index is 705. The lowest BCUT2D eigenvalue weighted by Crippen LogP contribution is -2.55. The minimum absolute atomic E-state index is 0.0211. The molecule has 4 rings (SSSR count). The summed E-state index contributed by atoms with van der Waals surface area (Å²) in [6.45, 7) is 3.05. The highest BCUT2D eigenvalue weighted by molar-refractivity contribution is 5.92. The number of nitrogens with zero attached hydrogens (tertiary/aromatic N) is 2. The summed E-state index contributed by atoms with van der Waals surface area (Å²) in [5.74, 6) is 0.833. The van der Waals surface area contributed by atoms with Gasteiger partial charge in [0.25, 0.3) is 5.91 Å². The van der Waals surface area contributed by atoms with Gasteiger partial charge in [-0.1, -0.05) is 0 Å². The predicted octanol–water partition coefficient (Wildman–Crippen LogP) is 0.958. The van der Waals surface area contributed by atoms with Gasteiger partial charge in [-0.3, -0.25) is 9.59 Å². The maximum Gasteiger partial charge on any atom is 0.323 e. The Labute approximate surface area is 140 Å². The van der Waals surface area contributed by atoms with Gasteiger partial charge in [-0.25, -0.2) is 4.79 Å². The largest absolute Gasteiger partial charge is 0.342 e. The second-order valence-corrected chi connectivity index (χ2v) is 7.70. The Morgan fingerprint density at radius 1 is 1.25 bits per heavy atom. The number of amides is 2. The third-order valence-electron chi connectivity index (χ3n) is 5.70. The first-order valence-corrected chi connectivity index (χ1v) is 8.89. The quantitative estimate of drug-likeness (QED) is 0.864. The molecule has 2 N–H and O–H groups in total. The molecule has 0 aromatic carbocycles. The van der Waals surface area contributed by atoms with E-state index in [1.165, 1.54) is 19.0 Å². The molecule has 1 aromatic rings. The maximum atomic E-state index is 12.6. The standard InChI is InChI=1S/C17H24N4O3/c22-14-4-6-17(11-21(14)9-12-2-3-12)5-1-7-20(10-17)15(23)13-8-18-16(24)19-13/h8,12H,1-7,9-11H2,(H2,18,19,24)/t17-/m1/s1. The highest BCUT2D eigenvalue weighted by Gasteiger charge is 2.43. The molecule has 7 nitrogen and oxygen atoms in total. The summed E-state index contributed by atoms with van der Waals surface area (Å²) < 4.78 is 0. The van der Waals surface area contributed by atoms with Gasteiger partial charge in [0.15, 0.2) is 0 Å². The molecule has 3 aliphatic rings. The molecule has 1 aliphatic carbocycles. The maximum absolute atomic E-state index is 12.6. The van der Waals surface area contributed by atoms with Crippen molar-refractivity contribution in [2.75, 3.05) is 26.2 Å². The number of aromatic nitrogens is 2. The summed E-state index contributed by atoms with van der Waals surface area (Å²) in [7, 11) is 0. The molecule has 1 atom stereocenters. The number of rotatable bonds is 3. The topological polar surface area (TPSA) is 89.3 Å². The van der Waals surface area contributed by atoms with Crippen LogP contribution in [0.4, 0.5) is 0 Å². The average Bonchev–Trinajstić information content (AvgIpc) is 3.29. The van der Waals surface area contributed by atoms with Crippen LogP contribution in [0, 0.1) is 11.3 Å². The van der Waals surface area contributed by atoms with Crippen LogP contribution in [-0.4, -0.2) is 57.8 Å². The number of imidazole rings is 1. The monoisotopic (exact) mass is 332 g/mol. The van der Waals surface area contributed by atoms with Crippen LogP contribution in [-0.2, 0) is 4.79 Å². The van der Waals surface area contributed by atoms with E-state index in [4.69, 9.17) is 0 Å². The van der Waals surface area contributed by atoms with E-state index in [1.807, 2.05) is 9.80 Å². The summed E-state index contributed by atoms with van der Waals surface area (Å²) in [6, 6.07) is 0. The number of nitrogens with one attached hydrogen (secondary N) is 2. The van der Waals surface area contributed by atoms with Crippen LogP contribution in [0.3, 0.4) is 0 Å². The zero-order valence-electron chi connectivity index (χ0n) is 13.8. The highest BCUT2D eigenvalue weighted by Crippen LogP contribution is 2.40. The van der Waals surface area contributed by atoms with Crippen molar-refractivity contribution in [3.8, 4) is 0 Å². The summed E-state index contributed by atoms with van der Waals surface area (Å²) in [5.41, 5.74) is -0.0180. The van der Waals surface area contributed by atoms with Gasteiger partial charge in [-0.05, 0) is 38.0 Å². The zero-order chi connectivity index (χ0) is 16.7. The van der Waals surface area contributed by atoms with E-state index in [0.29, 0.717) is 31.1 Å². The predicted molar refractivity (Wildman–Crippen MR) is 87.5 cm³/mol. The Balaban J connectivity index is 1.47. The molecule has 1 saturated carbocycles. The van der Waals surface area contributed by atoms with E-state index >= 15 is 0 Å². The van der Waals surface area contributed by atoms with Crippen LogP contribution in [0.2, 0.25) is 0 Å². The molecule has 130 valence electrons. The van der Waals surface area contributed by atoms with Crippen molar-refractivity contribution in [2.24, 2.45) is 11.3 Å². The fourth-order valence-corrected chi connectivity index (χ4v) is 4.21. The molecule has 3 heterocycles. The molecule has 2 saturated heterocycles. The van der Waals surface area contributed by atoms with Gasteiger partial charge in [0.1, 0.15) is 5.69 Å². The van der Waals surface area contributed by atoms with Crippen LogP contribution in [0.25, 0.3) is 0 Å². The molecule has 0 bridgehead atoms. The van der Waals surface area contributed by atoms with Crippen molar-refractivity contribution in [3.63, 3.8) is 0 Å². The summed E-state index contributed by atoms with van der Waals surface area (Å²) in [4.78, 5) is 45.0. The normalized spacial score (nSPS) is 27.8. The number of likely N-dealkylation sites (tertiary alicyclic amines) is 2. The number of H-pyrrole nitrogens is 2. The Hall–Kier alpha value is -2.05. The number of aromatic amines is 2. The summed E-state index contributed by atoms with van der Waals surface area (Å²) in [5, 5.41) is 0. The molecule has 7 heteroatoms. The molecule has 1 aromatic heterocycles. The first-order valence-electron chi connectivity index (χ1n) is 8.89. The molecule has 0 radical (unpaired) electrons. The lowest BCUT2D eigenvalue weighted by atomic mass is 9.73. The van der Waals surface area contributed by atoms with Crippen molar-refractivity contribution >= 4 is 11.8 Å². The van der Waals surface area contributed by atoms with E-state index in [2.05, 4.69) is 9.97 Å². The van der Waals surface area contributed by atoms with Gasteiger partial charge >= 0.3 is 5.69 Å². The highest BCUT2D eigenvalue weighted by atomic mass is 16.2. The van der Waals surface area contributed by atoms with Crippen molar-refractivity contribution in [2.45, 2.75) is 38.5 Å². The van der Waals surface area contributed by atoms with Crippen molar-refractivity contribution in [1.82, 2.24) is 19.8 Å². The lowest BCUT2D eigenvalue weighted by Gasteiger charge is -2.48. The average molecular weight is 332 g/mol. The SMILES string of the molecule is O=C1CC[C@@]2(CCCN(C(=O)c3c[nH]c(=O)[nH]3)C2)CN1CC1CC1.